The average Bonchev–Trinajstić information content (AvgIpc) is 3.43. The van der Waals surface area contributed by atoms with Crippen LogP contribution in [-0.4, -0.2) is 39.0 Å². The molecule has 1 aliphatic carbocycles. The number of benzene rings is 1. The van der Waals surface area contributed by atoms with E-state index in [1.54, 1.807) is 17.1 Å². The maximum absolute atomic E-state index is 12.7. The van der Waals surface area contributed by atoms with E-state index in [9.17, 15) is 4.79 Å². The lowest BCUT2D eigenvalue weighted by Gasteiger charge is -2.09. The summed E-state index contributed by atoms with van der Waals surface area (Å²) >= 11 is 0. The van der Waals surface area contributed by atoms with E-state index in [0.29, 0.717) is 30.5 Å². The number of carbonyl (C=O) groups is 1. The first-order chi connectivity index (χ1) is 13.3. The highest BCUT2D eigenvalue weighted by atomic mass is 16.5. The number of aromatic nitrogens is 4. The van der Waals surface area contributed by atoms with E-state index in [1.165, 1.54) is 12.8 Å². The minimum Gasteiger partial charge on any atom is -0.494 e. The molecule has 7 heteroatoms. The fourth-order valence-corrected chi connectivity index (χ4v) is 2.88. The van der Waals surface area contributed by atoms with Gasteiger partial charge in [0.25, 0.3) is 5.91 Å². The Bertz CT molecular complexity index is 917. The number of amides is 1. The molecule has 138 valence electrons. The minimum absolute atomic E-state index is 0.203. The van der Waals surface area contributed by atoms with Crippen LogP contribution in [0.5, 0.6) is 5.75 Å². The molecule has 2 aromatic heterocycles. The van der Waals surface area contributed by atoms with Crippen molar-refractivity contribution in [3.8, 4) is 22.7 Å². The molecule has 0 unspecified atom stereocenters. The zero-order chi connectivity index (χ0) is 18.6. The normalized spacial score (nSPS) is 13.4. The lowest BCUT2D eigenvalue weighted by Crippen LogP contribution is -2.26. The van der Waals surface area contributed by atoms with Crippen LogP contribution in [0.3, 0.4) is 0 Å². The van der Waals surface area contributed by atoms with Crippen LogP contribution in [0.1, 0.15) is 30.3 Å². The summed E-state index contributed by atoms with van der Waals surface area (Å²) in [5, 5.41) is 11.4. The summed E-state index contributed by atoms with van der Waals surface area (Å²) in [5.41, 5.74) is 2.60. The smallest absolute Gasteiger partial charge is 0.274 e. The van der Waals surface area contributed by atoms with Crippen molar-refractivity contribution >= 4 is 5.91 Å². The van der Waals surface area contributed by atoms with Crippen LogP contribution in [0.15, 0.2) is 48.8 Å². The van der Waals surface area contributed by atoms with Crippen LogP contribution in [0.2, 0.25) is 0 Å². The van der Waals surface area contributed by atoms with Crippen molar-refractivity contribution in [1.29, 1.82) is 0 Å². The van der Waals surface area contributed by atoms with E-state index in [2.05, 4.69) is 20.6 Å². The largest absolute Gasteiger partial charge is 0.494 e. The number of hydrogen-bond acceptors (Lipinski definition) is 5. The van der Waals surface area contributed by atoms with Crippen molar-refractivity contribution in [3.63, 3.8) is 0 Å². The van der Waals surface area contributed by atoms with Gasteiger partial charge in [0.2, 0.25) is 0 Å². The third-order valence-corrected chi connectivity index (χ3v) is 4.48. The summed E-state index contributed by atoms with van der Waals surface area (Å²) in [5.74, 6) is 1.18. The summed E-state index contributed by atoms with van der Waals surface area (Å²) in [4.78, 5) is 16.8. The molecule has 1 N–H and O–H groups in total. The molecule has 2 heterocycles. The molecular formula is C20H21N5O2. The second-order valence-electron chi connectivity index (χ2n) is 6.51. The maximum atomic E-state index is 12.7. The predicted molar refractivity (Wildman–Crippen MR) is 101 cm³/mol. The first-order valence-electron chi connectivity index (χ1n) is 9.13. The van der Waals surface area contributed by atoms with E-state index >= 15 is 0 Å². The van der Waals surface area contributed by atoms with Crippen LogP contribution >= 0.6 is 0 Å². The Morgan fingerprint density at radius 2 is 1.93 bits per heavy atom. The summed E-state index contributed by atoms with van der Waals surface area (Å²) in [6.07, 6.45) is 5.74. The highest BCUT2D eigenvalue weighted by Crippen LogP contribution is 2.29. The first kappa shape index (κ1) is 17.2. The highest BCUT2D eigenvalue weighted by Gasteiger charge is 2.25. The molecule has 27 heavy (non-hydrogen) atoms. The van der Waals surface area contributed by atoms with Gasteiger partial charge in [0.1, 0.15) is 11.4 Å². The summed E-state index contributed by atoms with van der Waals surface area (Å²) in [6, 6.07) is 11.3. The van der Waals surface area contributed by atoms with Crippen molar-refractivity contribution in [3.05, 3.63) is 54.5 Å². The number of carbonyl (C=O) groups excluding carboxylic acids is 1. The molecule has 0 saturated heterocycles. The topological polar surface area (TPSA) is 81.9 Å². The number of ether oxygens (including phenoxy) is 1. The second kappa shape index (κ2) is 7.57. The zero-order valence-corrected chi connectivity index (χ0v) is 15.1. The molecule has 1 saturated carbocycles. The van der Waals surface area contributed by atoms with Gasteiger partial charge in [-0.15, -0.1) is 5.10 Å². The lowest BCUT2D eigenvalue weighted by atomic mass is 10.1. The summed E-state index contributed by atoms with van der Waals surface area (Å²) < 4.78 is 7.18. The molecule has 1 aromatic carbocycles. The van der Waals surface area contributed by atoms with Crippen LogP contribution in [0.25, 0.3) is 16.9 Å². The van der Waals surface area contributed by atoms with Gasteiger partial charge >= 0.3 is 0 Å². The third kappa shape index (κ3) is 3.81. The molecule has 1 fully saturated rings. The van der Waals surface area contributed by atoms with Crippen LogP contribution in [0.4, 0.5) is 0 Å². The van der Waals surface area contributed by atoms with Crippen LogP contribution < -0.4 is 10.1 Å². The van der Waals surface area contributed by atoms with Crippen molar-refractivity contribution in [2.24, 2.45) is 5.92 Å². The number of pyridine rings is 1. The molecule has 1 aliphatic rings. The Balaban J connectivity index is 1.71. The molecule has 0 spiro atoms. The van der Waals surface area contributed by atoms with Gasteiger partial charge in [-0.2, -0.15) is 0 Å². The van der Waals surface area contributed by atoms with Crippen LogP contribution in [-0.2, 0) is 0 Å². The SMILES string of the molecule is CCOc1ccc(-n2nnc(C(=O)NCC3CC3)c2-c2ccncc2)cc1. The average molecular weight is 363 g/mol. The van der Waals surface area contributed by atoms with Gasteiger partial charge in [0.15, 0.2) is 5.69 Å². The minimum atomic E-state index is -0.203. The molecule has 1 amide bonds. The Morgan fingerprint density at radius 3 is 2.59 bits per heavy atom. The highest BCUT2D eigenvalue weighted by molar-refractivity contribution is 5.98. The lowest BCUT2D eigenvalue weighted by molar-refractivity contribution is 0.0947. The van der Waals surface area contributed by atoms with Gasteiger partial charge < -0.3 is 10.1 Å². The number of rotatable bonds is 7. The zero-order valence-electron chi connectivity index (χ0n) is 15.1. The molecular weight excluding hydrogens is 342 g/mol. The van der Waals surface area contributed by atoms with Gasteiger partial charge in [-0.3, -0.25) is 9.78 Å². The molecule has 0 radical (unpaired) electrons. The monoisotopic (exact) mass is 363 g/mol. The van der Waals surface area contributed by atoms with Crippen LogP contribution in [0, 0.1) is 5.92 Å². The second-order valence-corrected chi connectivity index (χ2v) is 6.51. The third-order valence-electron chi connectivity index (χ3n) is 4.48. The Morgan fingerprint density at radius 1 is 1.19 bits per heavy atom. The van der Waals surface area contributed by atoms with Crippen molar-refractivity contribution in [2.75, 3.05) is 13.2 Å². The first-order valence-corrected chi connectivity index (χ1v) is 9.13. The van der Waals surface area contributed by atoms with Crippen molar-refractivity contribution in [2.45, 2.75) is 19.8 Å². The van der Waals surface area contributed by atoms with E-state index in [1.807, 2.05) is 43.3 Å². The Hall–Kier alpha value is -3.22. The van der Waals surface area contributed by atoms with E-state index in [4.69, 9.17) is 4.74 Å². The molecule has 0 bridgehead atoms. The quantitative estimate of drug-likeness (QED) is 0.698. The molecule has 0 atom stereocenters. The van der Waals surface area contributed by atoms with Gasteiger partial charge in [-0.25, -0.2) is 4.68 Å². The predicted octanol–water partition coefficient (Wildman–Crippen LogP) is 2.87. The number of nitrogens with zero attached hydrogens (tertiary/aromatic N) is 4. The van der Waals surface area contributed by atoms with Gasteiger partial charge in [0.05, 0.1) is 12.3 Å². The maximum Gasteiger partial charge on any atom is 0.274 e. The van der Waals surface area contributed by atoms with E-state index < -0.39 is 0 Å². The summed E-state index contributed by atoms with van der Waals surface area (Å²) in [6.45, 7) is 3.24. The van der Waals surface area contributed by atoms with E-state index in [0.717, 1.165) is 17.0 Å². The van der Waals surface area contributed by atoms with Gasteiger partial charge in [-0.05, 0) is 62.1 Å². The van der Waals surface area contributed by atoms with Crippen molar-refractivity contribution < 1.29 is 9.53 Å². The Kier molecular flexibility index (Phi) is 4.82. The molecule has 0 aliphatic heterocycles. The molecule has 3 aromatic rings. The fourth-order valence-electron chi connectivity index (χ4n) is 2.88. The summed E-state index contributed by atoms with van der Waals surface area (Å²) in [7, 11) is 0. The number of nitrogens with one attached hydrogen (secondary N) is 1. The number of hydrogen-bond donors (Lipinski definition) is 1. The van der Waals surface area contributed by atoms with Gasteiger partial charge in [0, 0.05) is 24.5 Å². The molecule has 4 rings (SSSR count). The van der Waals surface area contributed by atoms with E-state index in [-0.39, 0.29) is 5.91 Å². The Labute approximate surface area is 157 Å². The fraction of sp³-hybridized carbons (Fsp3) is 0.300. The standard InChI is InChI=1S/C20H21N5O2/c1-2-27-17-7-5-16(6-8-17)25-19(15-9-11-21-12-10-15)18(23-24-25)20(26)22-13-14-3-4-14/h5-12,14H,2-4,13H2,1H3,(H,22,26). The van der Waals surface area contributed by atoms with Crippen molar-refractivity contribution in [1.82, 2.24) is 25.3 Å². The molecule has 7 nitrogen and oxygen atoms in total. The van der Waals surface area contributed by atoms with Gasteiger partial charge in [-0.1, -0.05) is 5.21 Å².